The Kier molecular flexibility index (Phi) is 12.0. The van der Waals surface area contributed by atoms with Crippen LogP contribution in [0.25, 0.3) is 106 Å². The van der Waals surface area contributed by atoms with Crippen molar-refractivity contribution in [3.8, 4) is 84.5 Å². The van der Waals surface area contributed by atoms with Gasteiger partial charge in [0, 0.05) is 50.0 Å². The third kappa shape index (κ3) is 8.20. The van der Waals surface area contributed by atoms with E-state index in [2.05, 4.69) is 257 Å². The molecule has 0 saturated carbocycles. The van der Waals surface area contributed by atoms with Crippen molar-refractivity contribution in [3.05, 3.63) is 235 Å². The van der Waals surface area contributed by atoms with Gasteiger partial charge in [0.2, 0.25) is 0 Å². The Hall–Kier alpha value is -8.11. The minimum absolute atomic E-state index is 0. The first-order valence-corrected chi connectivity index (χ1v) is 26.0. The second-order valence-electron chi connectivity index (χ2n) is 22.1. The summed E-state index contributed by atoms with van der Waals surface area (Å²) in [6, 6.07) is 75.2. The van der Waals surface area contributed by atoms with E-state index in [1.54, 1.807) is 0 Å². The molecule has 0 spiro atoms. The molecule has 5 nitrogen and oxygen atoms in total. The molecule has 3 heterocycles. The summed E-state index contributed by atoms with van der Waals surface area (Å²) >= 11 is 0. The first-order chi connectivity index (χ1) is 36.3. The van der Waals surface area contributed by atoms with Gasteiger partial charge in [-0.05, 0) is 121 Å². The summed E-state index contributed by atoms with van der Waals surface area (Å²) in [5, 5.41) is 3.51. The summed E-state index contributed by atoms with van der Waals surface area (Å²) in [5.41, 5.74) is 21.1. The molecule has 0 amide bonds. The average molecular weight is 1160 g/mol. The predicted octanol–water partition coefficient (Wildman–Crippen LogP) is 17.4. The Morgan fingerprint density at radius 3 is 1.92 bits per heavy atom. The zero-order chi connectivity index (χ0) is 51.3. The molecule has 13 rings (SSSR count). The molecule has 1 aliphatic carbocycles. The number of imidazole rings is 1. The molecular weight excluding hydrogens is 1110 g/mol. The van der Waals surface area contributed by atoms with Crippen molar-refractivity contribution in [3.63, 3.8) is 0 Å². The van der Waals surface area contributed by atoms with Crippen LogP contribution >= 0.6 is 0 Å². The minimum Gasteiger partial charge on any atom is -0.510 e. The van der Waals surface area contributed by atoms with Crippen molar-refractivity contribution in [2.45, 2.75) is 66.2 Å². The van der Waals surface area contributed by atoms with Crippen molar-refractivity contribution in [2.75, 3.05) is 0 Å². The molecule has 0 radical (unpaired) electrons. The van der Waals surface area contributed by atoms with E-state index in [-0.39, 0.29) is 31.9 Å². The minimum atomic E-state index is -0.0962. The van der Waals surface area contributed by atoms with Crippen molar-refractivity contribution in [1.29, 1.82) is 0 Å². The molecule has 374 valence electrons. The second kappa shape index (κ2) is 18.6. The van der Waals surface area contributed by atoms with E-state index in [1.807, 2.05) is 24.4 Å². The zero-order valence-corrected chi connectivity index (χ0v) is 46.3. The van der Waals surface area contributed by atoms with Crippen LogP contribution in [0.1, 0.15) is 63.8 Å². The van der Waals surface area contributed by atoms with Crippen molar-refractivity contribution >= 4 is 32.7 Å². The van der Waals surface area contributed by atoms with E-state index in [0.29, 0.717) is 11.5 Å². The molecule has 0 bridgehead atoms. The standard InChI is InChI=1S/C70H56N4O.Pt/c1-44-37-62-63(38-45(44)2)73(67-54(46-19-10-9-11-20-46)29-18-30-55(67)48-23-14-24-49(39-48)69(3,4)5)43-72(62)51-25-17-26-52(41-51)75-53-33-34-59-61(42-53)74(64-40-50(35-36-71-64)70(6,7)8)68-58-28-13-12-27-56(58)57-31-15-21-47-22-16-32-60(65(47)57)66(59)68;/h9-40H,1-8H3;/q-2;. The Bertz CT molecular complexity index is 4260. The third-order valence-corrected chi connectivity index (χ3v) is 15.2. The number of benzene rings is 9. The fourth-order valence-electron chi connectivity index (χ4n) is 11.2. The quantitative estimate of drug-likeness (QED) is 0.118. The number of rotatable bonds is 7. The maximum Gasteiger partial charge on any atom is 0.268 e. The summed E-state index contributed by atoms with van der Waals surface area (Å²) in [4.78, 5) is 5.12. The summed E-state index contributed by atoms with van der Waals surface area (Å²) in [6.45, 7) is 17.9. The van der Waals surface area contributed by atoms with Crippen LogP contribution in [0, 0.1) is 32.3 Å². The number of aromatic nitrogens is 4. The first kappa shape index (κ1) is 48.8. The fraction of sp³-hybridized carbons (Fsp3) is 0.143. The molecule has 12 aromatic rings. The normalized spacial score (nSPS) is 12.1. The van der Waals surface area contributed by atoms with Gasteiger partial charge < -0.3 is 13.9 Å². The molecular formula is C70H56N4OPt-2. The van der Waals surface area contributed by atoms with Crippen LogP contribution < -0.4 is 9.30 Å². The molecule has 9 aromatic carbocycles. The van der Waals surface area contributed by atoms with Crippen LogP contribution in [0.4, 0.5) is 0 Å². The Morgan fingerprint density at radius 1 is 0.526 bits per heavy atom. The monoisotopic (exact) mass is 1160 g/mol. The fourth-order valence-corrected chi connectivity index (χ4v) is 11.2. The van der Waals surface area contributed by atoms with Crippen LogP contribution in [-0.2, 0) is 31.9 Å². The van der Waals surface area contributed by atoms with Gasteiger partial charge in [0.05, 0.1) is 16.7 Å². The van der Waals surface area contributed by atoms with Crippen molar-refractivity contribution < 1.29 is 30.4 Å². The number of para-hydroxylation sites is 1. The second-order valence-corrected chi connectivity index (χ2v) is 22.1. The Labute approximate surface area is 460 Å². The number of ether oxygens (including phenoxy) is 1. The number of fused-ring (bicyclic) bond motifs is 8. The summed E-state index contributed by atoms with van der Waals surface area (Å²) < 4.78 is 13.6. The smallest absolute Gasteiger partial charge is 0.268 e. The number of pyridine rings is 1. The molecule has 0 unspecified atom stereocenters. The van der Waals surface area contributed by atoms with Crippen LogP contribution in [-0.4, -0.2) is 14.1 Å². The SMILES string of the molecule is Cc1cc2c(cc1C)[n+](-c1c(-c3ccccc3)cccc1-c1cccc(C(C)(C)C)c1)[c-]n2-c1[c-]c(Oc2[c-]c3c(cc2)c2c(n3-c3cc(C(C)(C)C)ccn3)-c3ccccc3-c3cccc4cccc-2c34)ccc1.[Pt]. The maximum absolute atomic E-state index is 6.92. The molecule has 3 aromatic heterocycles. The molecule has 0 fully saturated rings. The number of hydrogen-bond acceptors (Lipinski definition) is 2. The molecule has 1 aliphatic rings. The van der Waals surface area contributed by atoms with Crippen molar-refractivity contribution in [1.82, 2.24) is 14.1 Å². The zero-order valence-electron chi connectivity index (χ0n) is 44.0. The largest absolute Gasteiger partial charge is 0.510 e. The van der Waals surface area contributed by atoms with Crippen LogP contribution in [0.5, 0.6) is 11.5 Å². The molecule has 76 heavy (non-hydrogen) atoms. The predicted molar refractivity (Wildman–Crippen MR) is 308 cm³/mol. The molecule has 0 N–H and O–H groups in total. The molecule has 0 saturated heterocycles. The van der Waals surface area contributed by atoms with E-state index < -0.39 is 0 Å². The molecule has 0 atom stereocenters. The topological polar surface area (TPSA) is 35.9 Å². The van der Waals surface area contributed by atoms with E-state index in [1.165, 1.54) is 49.7 Å². The Morgan fingerprint density at radius 2 is 1.14 bits per heavy atom. The summed E-state index contributed by atoms with van der Waals surface area (Å²) in [7, 11) is 0. The van der Waals surface area contributed by atoms with Gasteiger partial charge in [-0.25, -0.2) is 4.98 Å². The van der Waals surface area contributed by atoms with Gasteiger partial charge in [-0.2, -0.15) is 18.2 Å². The van der Waals surface area contributed by atoms with E-state index in [9.17, 15) is 0 Å². The van der Waals surface area contributed by atoms with Gasteiger partial charge in [0.1, 0.15) is 5.82 Å². The van der Waals surface area contributed by atoms with E-state index in [0.717, 1.165) is 78.2 Å². The van der Waals surface area contributed by atoms with Gasteiger partial charge in [-0.15, -0.1) is 29.7 Å². The van der Waals surface area contributed by atoms with E-state index in [4.69, 9.17) is 9.72 Å². The number of nitrogens with zero attached hydrogens (tertiary/aromatic N) is 4. The summed E-state index contributed by atoms with van der Waals surface area (Å²) in [5.74, 6) is 1.97. The first-order valence-electron chi connectivity index (χ1n) is 26.0. The average Bonchev–Trinajstić information content (AvgIpc) is 3.97. The number of hydrogen-bond donors (Lipinski definition) is 0. The third-order valence-electron chi connectivity index (χ3n) is 15.2. The summed E-state index contributed by atoms with van der Waals surface area (Å²) in [6.07, 6.45) is 5.82. The van der Waals surface area contributed by atoms with Gasteiger partial charge in [-0.1, -0.05) is 192 Å². The molecule has 6 heteroatoms. The van der Waals surface area contributed by atoms with Gasteiger partial charge in [0.15, 0.2) is 0 Å². The number of aryl methyl sites for hydroxylation is 2. The molecule has 0 aliphatic heterocycles. The van der Waals surface area contributed by atoms with Gasteiger partial charge >= 0.3 is 0 Å². The van der Waals surface area contributed by atoms with Crippen LogP contribution in [0.15, 0.2) is 194 Å². The van der Waals surface area contributed by atoms with Crippen molar-refractivity contribution in [2.24, 2.45) is 0 Å². The van der Waals surface area contributed by atoms with Gasteiger partial charge in [0.25, 0.3) is 6.33 Å². The van der Waals surface area contributed by atoms with Crippen LogP contribution in [0.2, 0.25) is 0 Å². The van der Waals surface area contributed by atoms with Gasteiger partial charge in [-0.3, -0.25) is 4.57 Å². The Balaban J connectivity index is 0.00000582. The maximum atomic E-state index is 6.92. The van der Waals surface area contributed by atoms with E-state index >= 15 is 0 Å². The van der Waals surface area contributed by atoms with Crippen LogP contribution in [0.3, 0.4) is 0 Å².